The molecule has 3 N–H and O–H groups in total. The maximum atomic E-state index is 5.87. The van der Waals surface area contributed by atoms with Crippen LogP contribution in [-0.4, -0.2) is 7.11 Å². The van der Waals surface area contributed by atoms with Gasteiger partial charge < -0.3 is 15.8 Å². The van der Waals surface area contributed by atoms with Crippen LogP contribution in [0.15, 0.2) is 42.5 Å². The van der Waals surface area contributed by atoms with E-state index in [4.69, 9.17) is 22.1 Å². The number of nitrogen functional groups attached to an aromatic ring is 1. The van der Waals surface area contributed by atoms with Crippen molar-refractivity contribution in [1.29, 1.82) is 0 Å². The number of hydrogen-bond acceptors (Lipinski definition) is 3. The molecule has 0 amide bonds. The second kappa shape index (κ2) is 5.65. The first-order chi connectivity index (χ1) is 8.69. The maximum absolute atomic E-state index is 5.87. The normalized spacial score (nSPS) is 10.1. The number of nitrogens with two attached hydrogens (primary N) is 1. The Kier molecular flexibility index (Phi) is 3.95. The lowest BCUT2D eigenvalue weighted by Crippen LogP contribution is -2.02. The molecule has 0 spiro atoms. The first kappa shape index (κ1) is 12.6. The third kappa shape index (κ3) is 3.08. The van der Waals surface area contributed by atoms with Gasteiger partial charge in [-0.1, -0.05) is 23.7 Å². The summed E-state index contributed by atoms with van der Waals surface area (Å²) in [4.78, 5) is 0. The van der Waals surface area contributed by atoms with E-state index in [2.05, 4.69) is 5.32 Å². The minimum Gasteiger partial charge on any atom is -0.497 e. The molecule has 0 saturated carbocycles. The zero-order valence-corrected chi connectivity index (χ0v) is 10.9. The zero-order chi connectivity index (χ0) is 13.0. The Morgan fingerprint density at radius 3 is 2.78 bits per heavy atom. The molecule has 0 bridgehead atoms. The molecule has 3 nitrogen and oxygen atoms in total. The summed E-state index contributed by atoms with van der Waals surface area (Å²) in [6, 6.07) is 13.3. The van der Waals surface area contributed by atoms with Crippen molar-refractivity contribution in [3.8, 4) is 5.75 Å². The van der Waals surface area contributed by atoms with E-state index in [-0.39, 0.29) is 0 Å². The number of rotatable bonds is 4. The van der Waals surface area contributed by atoms with Gasteiger partial charge in [0.05, 0.1) is 18.5 Å². The summed E-state index contributed by atoms with van der Waals surface area (Å²) in [7, 11) is 1.66. The van der Waals surface area contributed by atoms with Gasteiger partial charge in [-0.05, 0) is 35.9 Å². The van der Waals surface area contributed by atoms with Crippen molar-refractivity contribution >= 4 is 23.0 Å². The van der Waals surface area contributed by atoms with Crippen LogP contribution in [-0.2, 0) is 6.54 Å². The summed E-state index contributed by atoms with van der Waals surface area (Å²) >= 11 is 5.85. The Bertz CT molecular complexity index is 543. The smallest absolute Gasteiger partial charge is 0.119 e. The zero-order valence-electron chi connectivity index (χ0n) is 10.1. The van der Waals surface area contributed by atoms with Crippen molar-refractivity contribution in [2.24, 2.45) is 0 Å². The van der Waals surface area contributed by atoms with E-state index in [9.17, 15) is 0 Å². The van der Waals surface area contributed by atoms with Crippen LogP contribution in [0.1, 0.15) is 5.56 Å². The number of halogens is 1. The molecule has 2 rings (SSSR count). The van der Waals surface area contributed by atoms with Gasteiger partial charge >= 0.3 is 0 Å². The Hall–Kier alpha value is -1.87. The van der Waals surface area contributed by atoms with Gasteiger partial charge in [-0.15, -0.1) is 0 Å². The number of anilines is 2. The van der Waals surface area contributed by atoms with Crippen LogP contribution < -0.4 is 15.8 Å². The summed E-state index contributed by atoms with van der Waals surface area (Å²) < 4.78 is 5.18. The van der Waals surface area contributed by atoms with Gasteiger partial charge in [0.2, 0.25) is 0 Å². The van der Waals surface area contributed by atoms with Crippen LogP contribution in [0.2, 0.25) is 5.02 Å². The lowest BCUT2D eigenvalue weighted by atomic mass is 10.2. The average Bonchev–Trinajstić information content (AvgIpc) is 2.38. The fourth-order valence-electron chi connectivity index (χ4n) is 1.67. The molecule has 0 heterocycles. The molecule has 0 atom stereocenters. The van der Waals surface area contributed by atoms with E-state index in [1.54, 1.807) is 13.2 Å². The van der Waals surface area contributed by atoms with Gasteiger partial charge in [0.25, 0.3) is 0 Å². The van der Waals surface area contributed by atoms with Crippen LogP contribution in [0.4, 0.5) is 11.4 Å². The molecule has 2 aromatic rings. The Morgan fingerprint density at radius 1 is 1.22 bits per heavy atom. The Balaban J connectivity index is 2.06. The number of methoxy groups -OCH3 is 1. The molecule has 4 heteroatoms. The molecule has 18 heavy (non-hydrogen) atoms. The molecule has 0 unspecified atom stereocenters. The van der Waals surface area contributed by atoms with E-state index in [1.165, 1.54) is 0 Å². The molecular formula is C14H15ClN2O. The molecule has 94 valence electrons. The van der Waals surface area contributed by atoms with Crippen molar-refractivity contribution in [2.45, 2.75) is 6.54 Å². The highest BCUT2D eigenvalue weighted by Gasteiger charge is 2.00. The standard InChI is InChI=1S/C14H15ClN2O/c1-18-12-4-2-3-10(7-12)9-17-14-6-5-11(15)8-13(14)16/h2-8,17H,9,16H2,1H3. The lowest BCUT2D eigenvalue weighted by molar-refractivity contribution is 0.414. The van der Waals surface area contributed by atoms with Gasteiger partial charge in [-0.25, -0.2) is 0 Å². The first-order valence-electron chi connectivity index (χ1n) is 5.61. The highest BCUT2D eigenvalue weighted by molar-refractivity contribution is 6.31. The van der Waals surface area contributed by atoms with E-state index >= 15 is 0 Å². The highest BCUT2D eigenvalue weighted by Crippen LogP contribution is 2.23. The second-order valence-corrected chi connectivity index (χ2v) is 4.37. The van der Waals surface area contributed by atoms with Crippen molar-refractivity contribution in [1.82, 2.24) is 0 Å². The molecule has 0 aliphatic carbocycles. The molecule has 0 aliphatic heterocycles. The van der Waals surface area contributed by atoms with Crippen LogP contribution in [0.5, 0.6) is 5.75 Å². The lowest BCUT2D eigenvalue weighted by Gasteiger charge is -2.10. The quantitative estimate of drug-likeness (QED) is 0.829. The van der Waals surface area contributed by atoms with E-state index in [0.717, 1.165) is 17.0 Å². The fraction of sp³-hybridized carbons (Fsp3) is 0.143. The van der Waals surface area contributed by atoms with Crippen LogP contribution >= 0.6 is 11.6 Å². The minimum atomic E-state index is 0.638. The second-order valence-electron chi connectivity index (χ2n) is 3.94. The van der Waals surface area contributed by atoms with Crippen molar-refractivity contribution in [3.63, 3.8) is 0 Å². The third-order valence-electron chi connectivity index (χ3n) is 2.63. The monoisotopic (exact) mass is 262 g/mol. The van der Waals surface area contributed by atoms with Gasteiger partial charge in [-0.3, -0.25) is 0 Å². The maximum Gasteiger partial charge on any atom is 0.119 e. The van der Waals surface area contributed by atoms with Crippen molar-refractivity contribution < 1.29 is 4.74 Å². The van der Waals surface area contributed by atoms with E-state index in [0.29, 0.717) is 17.3 Å². The molecule has 0 fully saturated rings. The predicted octanol–water partition coefficient (Wildman–Crippen LogP) is 3.54. The highest BCUT2D eigenvalue weighted by atomic mass is 35.5. The van der Waals surface area contributed by atoms with E-state index in [1.807, 2.05) is 36.4 Å². The molecular weight excluding hydrogens is 248 g/mol. The fourth-order valence-corrected chi connectivity index (χ4v) is 1.85. The number of nitrogens with one attached hydrogen (secondary N) is 1. The van der Waals surface area contributed by atoms with Gasteiger partial charge in [0.15, 0.2) is 0 Å². The van der Waals surface area contributed by atoms with Crippen LogP contribution in [0, 0.1) is 0 Å². The summed E-state index contributed by atoms with van der Waals surface area (Å²) in [5.74, 6) is 0.846. The third-order valence-corrected chi connectivity index (χ3v) is 2.87. The topological polar surface area (TPSA) is 47.3 Å². The first-order valence-corrected chi connectivity index (χ1v) is 5.98. The van der Waals surface area contributed by atoms with Gasteiger partial charge in [0.1, 0.15) is 5.75 Å². The minimum absolute atomic E-state index is 0.638. The van der Waals surface area contributed by atoms with E-state index < -0.39 is 0 Å². The van der Waals surface area contributed by atoms with Gasteiger partial charge in [-0.2, -0.15) is 0 Å². The van der Waals surface area contributed by atoms with Crippen LogP contribution in [0.3, 0.4) is 0 Å². The van der Waals surface area contributed by atoms with Crippen LogP contribution in [0.25, 0.3) is 0 Å². The average molecular weight is 263 g/mol. The Morgan fingerprint density at radius 2 is 2.06 bits per heavy atom. The number of ether oxygens (including phenoxy) is 1. The van der Waals surface area contributed by atoms with Gasteiger partial charge in [0, 0.05) is 11.6 Å². The largest absolute Gasteiger partial charge is 0.497 e. The SMILES string of the molecule is COc1cccc(CNc2ccc(Cl)cc2N)c1. The van der Waals surface area contributed by atoms with Crippen molar-refractivity contribution in [2.75, 3.05) is 18.2 Å². The van der Waals surface area contributed by atoms with Crippen molar-refractivity contribution in [3.05, 3.63) is 53.1 Å². The summed E-state index contributed by atoms with van der Waals surface area (Å²) in [5.41, 5.74) is 8.52. The summed E-state index contributed by atoms with van der Waals surface area (Å²) in [6.45, 7) is 0.684. The summed E-state index contributed by atoms with van der Waals surface area (Å²) in [6.07, 6.45) is 0. The molecule has 0 aliphatic rings. The summed E-state index contributed by atoms with van der Waals surface area (Å²) in [5, 5.41) is 3.91. The molecule has 0 saturated heterocycles. The molecule has 2 aromatic carbocycles. The molecule has 0 aromatic heterocycles. The molecule has 0 radical (unpaired) electrons. The number of benzene rings is 2. The number of hydrogen-bond donors (Lipinski definition) is 2. The Labute approximate surface area is 112 Å². The predicted molar refractivity (Wildman–Crippen MR) is 76.2 cm³/mol.